The highest BCUT2D eigenvalue weighted by Gasteiger charge is 2.35. The summed E-state index contributed by atoms with van der Waals surface area (Å²) in [5.41, 5.74) is 0.668. The molecule has 1 fully saturated rings. The molecule has 2 N–H and O–H groups in total. The van der Waals surface area contributed by atoms with Gasteiger partial charge in [-0.05, 0) is 30.5 Å². The molecular formula is C15H18FNO3. The number of amides is 1. The van der Waals surface area contributed by atoms with Crippen LogP contribution in [0.2, 0.25) is 0 Å². The van der Waals surface area contributed by atoms with Crippen LogP contribution in [0.3, 0.4) is 0 Å². The number of carbonyl (C=O) groups excluding carboxylic acids is 1. The minimum atomic E-state index is -0.907. The SMILES string of the molecule is O=C(O)C1CCCCC1C(=O)NCc1cccc(F)c1. The van der Waals surface area contributed by atoms with E-state index in [9.17, 15) is 14.0 Å². The van der Waals surface area contributed by atoms with E-state index in [-0.39, 0.29) is 18.3 Å². The fourth-order valence-corrected chi connectivity index (χ4v) is 2.71. The number of halogens is 1. The molecule has 2 unspecified atom stereocenters. The van der Waals surface area contributed by atoms with E-state index < -0.39 is 17.8 Å². The molecule has 1 aliphatic carbocycles. The number of benzene rings is 1. The van der Waals surface area contributed by atoms with E-state index in [0.717, 1.165) is 12.8 Å². The number of carboxylic acid groups (broad SMARTS) is 1. The molecule has 0 heterocycles. The highest BCUT2D eigenvalue weighted by Crippen LogP contribution is 2.30. The summed E-state index contributed by atoms with van der Waals surface area (Å²) < 4.78 is 13.0. The summed E-state index contributed by atoms with van der Waals surface area (Å²) in [6, 6.07) is 6.00. The summed E-state index contributed by atoms with van der Waals surface area (Å²) >= 11 is 0. The fraction of sp³-hybridized carbons (Fsp3) is 0.467. The van der Waals surface area contributed by atoms with Crippen molar-refractivity contribution in [3.05, 3.63) is 35.6 Å². The first-order valence-electron chi connectivity index (χ1n) is 6.83. The van der Waals surface area contributed by atoms with Gasteiger partial charge in [-0.2, -0.15) is 0 Å². The van der Waals surface area contributed by atoms with Crippen molar-refractivity contribution in [3.8, 4) is 0 Å². The topological polar surface area (TPSA) is 66.4 Å². The number of carboxylic acids is 1. The van der Waals surface area contributed by atoms with Crippen molar-refractivity contribution in [2.45, 2.75) is 32.2 Å². The Kier molecular flexibility index (Phi) is 4.71. The maximum atomic E-state index is 13.0. The van der Waals surface area contributed by atoms with Crippen LogP contribution in [0, 0.1) is 17.7 Å². The molecular weight excluding hydrogens is 261 g/mol. The molecule has 0 bridgehead atoms. The van der Waals surface area contributed by atoms with Crippen LogP contribution < -0.4 is 5.32 Å². The average Bonchev–Trinajstić information content (AvgIpc) is 2.45. The Balaban J connectivity index is 1.95. The molecule has 0 spiro atoms. The lowest BCUT2D eigenvalue weighted by atomic mass is 9.78. The van der Waals surface area contributed by atoms with Gasteiger partial charge in [0.05, 0.1) is 11.8 Å². The Morgan fingerprint density at radius 2 is 1.95 bits per heavy atom. The first kappa shape index (κ1) is 14.5. The second kappa shape index (κ2) is 6.50. The van der Waals surface area contributed by atoms with Crippen LogP contribution in [0.25, 0.3) is 0 Å². The number of hydrogen-bond acceptors (Lipinski definition) is 2. The molecule has 0 aromatic heterocycles. The van der Waals surface area contributed by atoms with Gasteiger partial charge in [-0.3, -0.25) is 9.59 Å². The monoisotopic (exact) mass is 279 g/mol. The van der Waals surface area contributed by atoms with Crippen LogP contribution in [0.15, 0.2) is 24.3 Å². The number of carbonyl (C=O) groups is 2. The molecule has 4 nitrogen and oxygen atoms in total. The Morgan fingerprint density at radius 3 is 2.60 bits per heavy atom. The molecule has 0 radical (unpaired) electrons. The van der Waals surface area contributed by atoms with Crippen LogP contribution in [0.5, 0.6) is 0 Å². The number of hydrogen-bond donors (Lipinski definition) is 2. The van der Waals surface area contributed by atoms with Crippen LogP contribution in [-0.4, -0.2) is 17.0 Å². The molecule has 1 aromatic rings. The minimum absolute atomic E-state index is 0.222. The highest BCUT2D eigenvalue weighted by molar-refractivity contribution is 5.84. The lowest BCUT2D eigenvalue weighted by molar-refractivity contribution is -0.148. The minimum Gasteiger partial charge on any atom is -0.481 e. The summed E-state index contributed by atoms with van der Waals surface area (Å²) in [6.45, 7) is 0.222. The fourth-order valence-electron chi connectivity index (χ4n) is 2.71. The molecule has 20 heavy (non-hydrogen) atoms. The first-order valence-corrected chi connectivity index (χ1v) is 6.83. The molecule has 1 aromatic carbocycles. The van der Waals surface area contributed by atoms with Gasteiger partial charge in [0.15, 0.2) is 0 Å². The van der Waals surface area contributed by atoms with Gasteiger partial charge < -0.3 is 10.4 Å². The van der Waals surface area contributed by atoms with Gasteiger partial charge in [-0.25, -0.2) is 4.39 Å². The van der Waals surface area contributed by atoms with E-state index in [1.54, 1.807) is 12.1 Å². The summed E-state index contributed by atoms with van der Waals surface area (Å²) in [7, 11) is 0. The predicted molar refractivity (Wildman–Crippen MR) is 71.3 cm³/mol. The normalized spacial score (nSPS) is 22.2. The molecule has 1 amide bonds. The average molecular weight is 279 g/mol. The quantitative estimate of drug-likeness (QED) is 0.889. The van der Waals surface area contributed by atoms with Gasteiger partial charge in [-0.1, -0.05) is 25.0 Å². The van der Waals surface area contributed by atoms with E-state index in [2.05, 4.69) is 5.32 Å². The van der Waals surface area contributed by atoms with E-state index in [1.807, 2.05) is 0 Å². The molecule has 0 aliphatic heterocycles. The van der Waals surface area contributed by atoms with Crippen molar-refractivity contribution < 1.29 is 19.1 Å². The van der Waals surface area contributed by atoms with Gasteiger partial charge in [0, 0.05) is 6.54 Å². The van der Waals surface area contributed by atoms with Gasteiger partial charge in [0.25, 0.3) is 0 Å². The Hall–Kier alpha value is -1.91. The van der Waals surface area contributed by atoms with Gasteiger partial charge >= 0.3 is 5.97 Å². The maximum Gasteiger partial charge on any atom is 0.307 e. The van der Waals surface area contributed by atoms with Gasteiger partial charge in [-0.15, -0.1) is 0 Å². The van der Waals surface area contributed by atoms with Crippen molar-refractivity contribution >= 4 is 11.9 Å². The second-order valence-corrected chi connectivity index (χ2v) is 5.18. The molecule has 5 heteroatoms. The summed E-state index contributed by atoms with van der Waals surface area (Å²) in [5, 5.41) is 11.9. The lowest BCUT2D eigenvalue weighted by Crippen LogP contribution is -2.39. The molecule has 1 saturated carbocycles. The highest BCUT2D eigenvalue weighted by atomic mass is 19.1. The van der Waals surface area contributed by atoms with Crippen LogP contribution >= 0.6 is 0 Å². The number of aliphatic carboxylic acids is 1. The van der Waals surface area contributed by atoms with E-state index in [1.165, 1.54) is 12.1 Å². The summed E-state index contributed by atoms with van der Waals surface area (Å²) in [4.78, 5) is 23.3. The van der Waals surface area contributed by atoms with Crippen molar-refractivity contribution in [1.29, 1.82) is 0 Å². The third kappa shape index (κ3) is 3.56. The zero-order valence-electron chi connectivity index (χ0n) is 11.1. The number of nitrogens with one attached hydrogen (secondary N) is 1. The maximum absolute atomic E-state index is 13.0. The van der Waals surface area contributed by atoms with E-state index >= 15 is 0 Å². The predicted octanol–water partition coefficient (Wildman–Crippen LogP) is 2.33. The van der Waals surface area contributed by atoms with Crippen LogP contribution in [0.1, 0.15) is 31.2 Å². The van der Waals surface area contributed by atoms with E-state index in [0.29, 0.717) is 18.4 Å². The largest absolute Gasteiger partial charge is 0.481 e. The van der Waals surface area contributed by atoms with Gasteiger partial charge in [0.1, 0.15) is 5.82 Å². The van der Waals surface area contributed by atoms with E-state index in [4.69, 9.17) is 5.11 Å². The van der Waals surface area contributed by atoms with Crippen LogP contribution in [-0.2, 0) is 16.1 Å². The Morgan fingerprint density at radius 1 is 1.25 bits per heavy atom. The second-order valence-electron chi connectivity index (χ2n) is 5.18. The van der Waals surface area contributed by atoms with Crippen molar-refractivity contribution in [2.24, 2.45) is 11.8 Å². The van der Waals surface area contributed by atoms with Crippen LogP contribution in [0.4, 0.5) is 4.39 Å². The van der Waals surface area contributed by atoms with Gasteiger partial charge in [0.2, 0.25) is 5.91 Å². The number of rotatable bonds is 4. The molecule has 2 atom stereocenters. The lowest BCUT2D eigenvalue weighted by Gasteiger charge is -2.27. The summed E-state index contributed by atoms with van der Waals surface area (Å²) in [5.74, 6) is -2.58. The third-order valence-electron chi connectivity index (χ3n) is 3.78. The zero-order chi connectivity index (χ0) is 14.5. The standard InChI is InChI=1S/C15H18FNO3/c16-11-5-3-4-10(8-11)9-17-14(18)12-6-1-2-7-13(12)15(19)20/h3-5,8,12-13H,1-2,6-7,9H2,(H,17,18)(H,19,20). The summed E-state index contributed by atoms with van der Waals surface area (Å²) in [6.07, 6.45) is 2.88. The Bertz CT molecular complexity index is 504. The molecule has 1 aliphatic rings. The molecule has 108 valence electrons. The van der Waals surface area contributed by atoms with Crippen molar-refractivity contribution in [2.75, 3.05) is 0 Å². The first-order chi connectivity index (χ1) is 9.58. The molecule has 0 saturated heterocycles. The zero-order valence-corrected chi connectivity index (χ0v) is 11.1. The Labute approximate surface area is 117 Å². The van der Waals surface area contributed by atoms with Crippen molar-refractivity contribution in [3.63, 3.8) is 0 Å². The smallest absolute Gasteiger partial charge is 0.307 e. The third-order valence-corrected chi connectivity index (χ3v) is 3.78. The van der Waals surface area contributed by atoms with Crippen molar-refractivity contribution in [1.82, 2.24) is 5.32 Å². The molecule has 2 rings (SSSR count).